The fourth-order valence-corrected chi connectivity index (χ4v) is 4.49. The van der Waals surface area contributed by atoms with E-state index < -0.39 is 0 Å². The molecule has 1 heterocycles. The summed E-state index contributed by atoms with van der Waals surface area (Å²) in [7, 11) is 0. The van der Waals surface area contributed by atoms with Crippen molar-refractivity contribution in [2.45, 2.75) is 39.5 Å². The van der Waals surface area contributed by atoms with E-state index in [2.05, 4.69) is 81.4 Å². The van der Waals surface area contributed by atoms with Crippen molar-refractivity contribution in [1.29, 1.82) is 0 Å². The van der Waals surface area contributed by atoms with Gasteiger partial charge in [-0.2, -0.15) is 0 Å². The molecule has 0 saturated heterocycles. The molecule has 0 N–H and O–H groups in total. The Kier molecular flexibility index (Phi) is 4.35. The Morgan fingerprint density at radius 2 is 1.80 bits per heavy atom. The predicted octanol–water partition coefficient (Wildman–Crippen LogP) is 7.33. The second kappa shape index (κ2) is 6.65. The maximum absolute atomic E-state index is 2.40. The van der Waals surface area contributed by atoms with Crippen LogP contribution >= 0.6 is 11.3 Å². The maximum Gasteiger partial charge on any atom is 0.0308 e. The smallest absolute Gasteiger partial charge is 0.0308 e. The number of fused-ring (bicyclic) bond motifs is 1. The summed E-state index contributed by atoms with van der Waals surface area (Å²) >= 11 is 1.90. The standard InChI is InChI=1S/C24H24S/c1-4-16(2)18-9-11-19(12-10-18)22-7-5-6-20-14-21(15-23(20)22)24-13-8-17(3)25-24/h5-13,15-16H,4,14H2,1-3H3. The zero-order valence-electron chi connectivity index (χ0n) is 15.2. The van der Waals surface area contributed by atoms with Crippen molar-refractivity contribution in [2.75, 3.05) is 0 Å². The number of benzene rings is 2. The summed E-state index contributed by atoms with van der Waals surface area (Å²) in [6.07, 6.45) is 4.64. The fourth-order valence-electron chi connectivity index (χ4n) is 3.61. The summed E-state index contributed by atoms with van der Waals surface area (Å²) in [4.78, 5) is 2.79. The van der Waals surface area contributed by atoms with Crippen molar-refractivity contribution in [2.24, 2.45) is 0 Å². The van der Waals surface area contributed by atoms with Gasteiger partial charge in [0.15, 0.2) is 0 Å². The van der Waals surface area contributed by atoms with Crippen LogP contribution in [0.3, 0.4) is 0 Å². The second-order valence-electron chi connectivity index (χ2n) is 7.07. The molecule has 0 aliphatic heterocycles. The molecule has 4 rings (SSSR count). The summed E-state index contributed by atoms with van der Waals surface area (Å²) in [6.45, 7) is 6.73. The topological polar surface area (TPSA) is 0 Å². The van der Waals surface area contributed by atoms with Gasteiger partial charge in [-0.05, 0) is 77.3 Å². The molecule has 0 bridgehead atoms. The highest BCUT2D eigenvalue weighted by atomic mass is 32.1. The van der Waals surface area contributed by atoms with Gasteiger partial charge in [-0.3, -0.25) is 0 Å². The number of thiophene rings is 1. The van der Waals surface area contributed by atoms with Crippen LogP contribution in [-0.2, 0) is 6.42 Å². The molecule has 2 aromatic carbocycles. The Hall–Kier alpha value is -2.12. The Bertz CT molecular complexity index is 925. The van der Waals surface area contributed by atoms with Gasteiger partial charge < -0.3 is 0 Å². The molecular weight excluding hydrogens is 320 g/mol. The molecule has 0 nitrogen and oxygen atoms in total. The monoisotopic (exact) mass is 344 g/mol. The number of aryl methyl sites for hydroxylation is 1. The van der Waals surface area contributed by atoms with Gasteiger partial charge in [0.2, 0.25) is 0 Å². The molecule has 1 aliphatic carbocycles. The summed E-state index contributed by atoms with van der Waals surface area (Å²) in [6, 6.07) is 20.4. The van der Waals surface area contributed by atoms with E-state index in [1.54, 1.807) is 0 Å². The molecule has 1 aromatic heterocycles. The Morgan fingerprint density at radius 3 is 2.48 bits per heavy atom. The molecule has 0 radical (unpaired) electrons. The van der Waals surface area contributed by atoms with Crippen molar-refractivity contribution in [3.63, 3.8) is 0 Å². The molecule has 1 unspecified atom stereocenters. The lowest BCUT2D eigenvalue weighted by molar-refractivity contribution is 0.734. The van der Waals surface area contributed by atoms with E-state index in [1.165, 1.54) is 49.6 Å². The van der Waals surface area contributed by atoms with E-state index in [1.807, 2.05) is 11.3 Å². The molecule has 1 atom stereocenters. The first-order valence-electron chi connectivity index (χ1n) is 9.15. The minimum atomic E-state index is 0.629. The quantitative estimate of drug-likeness (QED) is 0.464. The second-order valence-corrected chi connectivity index (χ2v) is 8.35. The first-order valence-corrected chi connectivity index (χ1v) is 9.97. The van der Waals surface area contributed by atoms with Crippen LogP contribution < -0.4 is 0 Å². The maximum atomic E-state index is 2.40. The highest BCUT2D eigenvalue weighted by molar-refractivity contribution is 7.13. The molecular formula is C24H24S. The van der Waals surface area contributed by atoms with Crippen LogP contribution in [0, 0.1) is 6.92 Å². The number of allylic oxidation sites excluding steroid dienone is 1. The van der Waals surface area contributed by atoms with Crippen LogP contribution in [0.5, 0.6) is 0 Å². The van der Waals surface area contributed by atoms with Crippen LogP contribution in [0.25, 0.3) is 22.8 Å². The first-order chi connectivity index (χ1) is 12.2. The third-order valence-electron chi connectivity index (χ3n) is 5.36. The number of hydrogen-bond acceptors (Lipinski definition) is 1. The lowest BCUT2D eigenvalue weighted by Crippen LogP contribution is -1.92. The first kappa shape index (κ1) is 16.4. The van der Waals surface area contributed by atoms with Crippen LogP contribution in [-0.4, -0.2) is 0 Å². The molecule has 0 spiro atoms. The zero-order chi connectivity index (χ0) is 17.4. The van der Waals surface area contributed by atoms with E-state index in [0.717, 1.165) is 6.42 Å². The third kappa shape index (κ3) is 3.09. The lowest BCUT2D eigenvalue weighted by atomic mass is 9.93. The molecule has 25 heavy (non-hydrogen) atoms. The highest BCUT2D eigenvalue weighted by Gasteiger charge is 2.18. The van der Waals surface area contributed by atoms with Crippen LogP contribution in [0.1, 0.15) is 52.6 Å². The third-order valence-corrected chi connectivity index (χ3v) is 6.43. The molecule has 0 amide bonds. The van der Waals surface area contributed by atoms with Gasteiger partial charge in [-0.25, -0.2) is 0 Å². The molecule has 1 aliphatic rings. The Balaban J connectivity index is 1.72. The summed E-state index contributed by atoms with van der Waals surface area (Å²) in [5.41, 5.74) is 8.42. The molecule has 1 heteroatoms. The van der Waals surface area contributed by atoms with Crippen LogP contribution in [0.2, 0.25) is 0 Å². The average molecular weight is 345 g/mol. The number of hydrogen-bond donors (Lipinski definition) is 0. The van der Waals surface area contributed by atoms with Gasteiger partial charge in [0.05, 0.1) is 0 Å². The van der Waals surface area contributed by atoms with E-state index in [4.69, 9.17) is 0 Å². The molecule has 0 fully saturated rings. The van der Waals surface area contributed by atoms with Gasteiger partial charge >= 0.3 is 0 Å². The zero-order valence-corrected chi connectivity index (χ0v) is 16.0. The van der Waals surface area contributed by atoms with Gasteiger partial charge in [-0.15, -0.1) is 11.3 Å². The SMILES string of the molecule is CCC(C)c1ccc(-c2cccc3c2C=C(c2ccc(C)s2)C3)cc1. The number of rotatable bonds is 4. The van der Waals surface area contributed by atoms with Gasteiger partial charge in [0.25, 0.3) is 0 Å². The van der Waals surface area contributed by atoms with E-state index in [0.29, 0.717) is 5.92 Å². The van der Waals surface area contributed by atoms with Gasteiger partial charge in [0, 0.05) is 9.75 Å². The van der Waals surface area contributed by atoms with Crippen molar-refractivity contribution < 1.29 is 0 Å². The van der Waals surface area contributed by atoms with Crippen molar-refractivity contribution in [3.8, 4) is 11.1 Å². The van der Waals surface area contributed by atoms with Crippen molar-refractivity contribution in [3.05, 3.63) is 81.0 Å². The summed E-state index contributed by atoms with van der Waals surface area (Å²) in [5.74, 6) is 0.629. The minimum absolute atomic E-state index is 0.629. The minimum Gasteiger partial charge on any atom is -0.141 e. The predicted molar refractivity (Wildman–Crippen MR) is 111 cm³/mol. The lowest BCUT2D eigenvalue weighted by Gasteiger charge is -2.11. The normalized spacial score (nSPS) is 14.3. The Morgan fingerprint density at radius 1 is 1.00 bits per heavy atom. The van der Waals surface area contributed by atoms with Crippen molar-refractivity contribution in [1.82, 2.24) is 0 Å². The summed E-state index contributed by atoms with van der Waals surface area (Å²) in [5, 5.41) is 0. The fraction of sp³-hybridized carbons (Fsp3) is 0.250. The van der Waals surface area contributed by atoms with E-state index in [9.17, 15) is 0 Å². The average Bonchev–Trinajstić information content (AvgIpc) is 3.26. The van der Waals surface area contributed by atoms with Crippen LogP contribution in [0.15, 0.2) is 54.6 Å². The van der Waals surface area contributed by atoms with Crippen LogP contribution in [0.4, 0.5) is 0 Å². The highest BCUT2D eigenvalue weighted by Crippen LogP contribution is 2.39. The van der Waals surface area contributed by atoms with Crippen molar-refractivity contribution >= 4 is 23.0 Å². The van der Waals surface area contributed by atoms with E-state index >= 15 is 0 Å². The summed E-state index contributed by atoms with van der Waals surface area (Å²) < 4.78 is 0. The van der Waals surface area contributed by atoms with Gasteiger partial charge in [-0.1, -0.05) is 56.3 Å². The van der Waals surface area contributed by atoms with E-state index in [-0.39, 0.29) is 0 Å². The molecule has 126 valence electrons. The molecule has 0 saturated carbocycles. The molecule has 3 aromatic rings. The Labute approximate surface area is 154 Å². The largest absolute Gasteiger partial charge is 0.141 e. The van der Waals surface area contributed by atoms with Gasteiger partial charge in [0.1, 0.15) is 0 Å².